The van der Waals surface area contributed by atoms with Crippen molar-refractivity contribution >= 4 is 12.4 Å². The molecule has 8 heteroatoms. The number of piperazine rings is 1. The quantitative estimate of drug-likeness (QED) is 0.838. The van der Waals surface area contributed by atoms with Crippen LogP contribution in [-0.4, -0.2) is 37.3 Å². The Balaban J connectivity index is 0.00000242. The van der Waals surface area contributed by atoms with Crippen LogP contribution in [0.2, 0.25) is 0 Å². The zero-order valence-electron chi connectivity index (χ0n) is 11.8. The Kier molecular flexibility index (Phi) is 7.02. The highest BCUT2D eigenvalue weighted by Gasteiger charge is 2.33. The summed E-state index contributed by atoms with van der Waals surface area (Å²) in [4.78, 5) is 1.71. The van der Waals surface area contributed by atoms with Crippen LogP contribution in [0.25, 0.3) is 0 Å². The summed E-state index contributed by atoms with van der Waals surface area (Å²) in [5, 5.41) is 3.07. The maximum absolute atomic E-state index is 13.9. The fourth-order valence-corrected chi connectivity index (χ4v) is 2.63. The average Bonchev–Trinajstić information content (AvgIpc) is 2.42. The Hall–Kier alpha value is -0.920. The molecule has 1 fully saturated rings. The predicted octanol–water partition coefficient (Wildman–Crippen LogP) is 3.68. The molecule has 1 aromatic rings. The van der Waals surface area contributed by atoms with Gasteiger partial charge in [0, 0.05) is 44.2 Å². The number of hydrogen-bond donors (Lipinski definition) is 1. The van der Waals surface area contributed by atoms with Gasteiger partial charge in [0.25, 0.3) is 0 Å². The number of hydrogen-bond acceptors (Lipinski definition) is 2. The van der Waals surface area contributed by atoms with Crippen LogP contribution in [0.5, 0.6) is 0 Å². The molecule has 126 valence electrons. The molecule has 2 nitrogen and oxygen atoms in total. The number of nitrogens with zero attached hydrogens (tertiary/aromatic N) is 1. The van der Waals surface area contributed by atoms with Crippen LogP contribution in [0.4, 0.5) is 22.0 Å². The summed E-state index contributed by atoms with van der Waals surface area (Å²) in [5.74, 6) is -1.58. The highest BCUT2D eigenvalue weighted by atomic mass is 35.5. The first-order chi connectivity index (χ1) is 9.88. The predicted molar refractivity (Wildman–Crippen MR) is 76.1 cm³/mol. The van der Waals surface area contributed by atoms with Gasteiger partial charge in [0.2, 0.25) is 0 Å². The first kappa shape index (κ1) is 19.1. The number of halogens is 6. The SMILES string of the molecule is Cl.Fc1cccc(F)c1[C@@H](CCC(F)(F)F)N1CCNCC1. The van der Waals surface area contributed by atoms with Crippen LogP contribution in [0.1, 0.15) is 24.4 Å². The van der Waals surface area contributed by atoms with Crippen LogP contribution in [0, 0.1) is 11.6 Å². The largest absolute Gasteiger partial charge is 0.389 e. The molecule has 1 atom stereocenters. The number of rotatable bonds is 4. The highest BCUT2D eigenvalue weighted by molar-refractivity contribution is 5.85. The van der Waals surface area contributed by atoms with E-state index in [9.17, 15) is 22.0 Å². The van der Waals surface area contributed by atoms with Crippen molar-refractivity contribution in [3.05, 3.63) is 35.4 Å². The molecule has 0 spiro atoms. The van der Waals surface area contributed by atoms with E-state index in [1.165, 1.54) is 6.07 Å². The van der Waals surface area contributed by atoms with E-state index in [1.807, 2.05) is 0 Å². The minimum atomic E-state index is -4.34. The van der Waals surface area contributed by atoms with E-state index in [-0.39, 0.29) is 24.4 Å². The fraction of sp³-hybridized carbons (Fsp3) is 0.571. The third-order valence-electron chi connectivity index (χ3n) is 3.63. The van der Waals surface area contributed by atoms with Crippen molar-refractivity contribution in [1.29, 1.82) is 0 Å². The maximum atomic E-state index is 13.9. The lowest BCUT2D eigenvalue weighted by molar-refractivity contribution is -0.138. The lowest BCUT2D eigenvalue weighted by atomic mass is 9.98. The Labute approximate surface area is 132 Å². The molecule has 1 aliphatic rings. The van der Waals surface area contributed by atoms with Crippen molar-refractivity contribution in [2.75, 3.05) is 26.2 Å². The Bertz CT molecular complexity index is 455. The Morgan fingerprint density at radius 3 is 2.14 bits per heavy atom. The highest BCUT2D eigenvalue weighted by Crippen LogP contribution is 2.34. The lowest BCUT2D eigenvalue weighted by Crippen LogP contribution is -2.45. The summed E-state index contributed by atoms with van der Waals surface area (Å²) in [6.45, 7) is 2.13. The fourth-order valence-electron chi connectivity index (χ4n) is 2.63. The van der Waals surface area contributed by atoms with Crippen molar-refractivity contribution in [2.45, 2.75) is 25.1 Å². The van der Waals surface area contributed by atoms with Crippen molar-refractivity contribution < 1.29 is 22.0 Å². The molecule has 2 rings (SSSR count). The molecule has 0 amide bonds. The molecular weight excluding hydrogens is 327 g/mol. The summed E-state index contributed by atoms with van der Waals surface area (Å²) in [5.41, 5.74) is -0.261. The van der Waals surface area contributed by atoms with Crippen LogP contribution in [0.15, 0.2) is 18.2 Å². The summed E-state index contributed by atoms with van der Waals surface area (Å²) in [6, 6.07) is 2.49. The molecule has 0 bridgehead atoms. The summed E-state index contributed by atoms with van der Waals surface area (Å²) in [6.07, 6.45) is -5.75. The van der Waals surface area contributed by atoms with E-state index >= 15 is 0 Å². The summed E-state index contributed by atoms with van der Waals surface area (Å²) >= 11 is 0. The molecule has 0 aromatic heterocycles. The number of alkyl halides is 3. The van der Waals surface area contributed by atoms with Gasteiger partial charge in [-0.15, -0.1) is 12.4 Å². The third kappa shape index (κ3) is 5.07. The van der Waals surface area contributed by atoms with E-state index in [0.717, 1.165) is 12.1 Å². The van der Waals surface area contributed by atoms with Gasteiger partial charge in [0.05, 0.1) is 0 Å². The first-order valence-electron chi connectivity index (χ1n) is 6.84. The maximum Gasteiger partial charge on any atom is 0.389 e. The third-order valence-corrected chi connectivity index (χ3v) is 3.63. The molecule has 1 aromatic carbocycles. The minimum Gasteiger partial charge on any atom is -0.314 e. The average molecular weight is 345 g/mol. The van der Waals surface area contributed by atoms with Crippen LogP contribution in [-0.2, 0) is 0 Å². The van der Waals surface area contributed by atoms with Gasteiger partial charge in [-0.2, -0.15) is 13.2 Å². The van der Waals surface area contributed by atoms with Gasteiger partial charge < -0.3 is 5.32 Å². The molecule has 1 N–H and O–H groups in total. The molecule has 22 heavy (non-hydrogen) atoms. The first-order valence-corrected chi connectivity index (χ1v) is 6.84. The van der Waals surface area contributed by atoms with Gasteiger partial charge in [-0.05, 0) is 18.6 Å². The van der Waals surface area contributed by atoms with E-state index in [4.69, 9.17) is 0 Å². The number of benzene rings is 1. The second-order valence-electron chi connectivity index (χ2n) is 5.09. The Morgan fingerprint density at radius 2 is 1.64 bits per heavy atom. The molecule has 1 heterocycles. The smallest absolute Gasteiger partial charge is 0.314 e. The zero-order valence-corrected chi connectivity index (χ0v) is 12.6. The van der Waals surface area contributed by atoms with Crippen molar-refractivity contribution in [3.8, 4) is 0 Å². The van der Waals surface area contributed by atoms with Crippen molar-refractivity contribution in [3.63, 3.8) is 0 Å². The van der Waals surface area contributed by atoms with Gasteiger partial charge >= 0.3 is 6.18 Å². The monoisotopic (exact) mass is 344 g/mol. The van der Waals surface area contributed by atoms with Crippen molar-refractivity contribution in [1.82, 2.24) is 10.2 Å². The minimum absolute atomic E-state index is 0. The normalized spacial score (nSPS) is 17.9. The molecule has 0 saturated carbocycles. The van der Waals surface area contributed by atoms with Gasteiger partial charge in [0.1, 0.15) is 11.6 Å². The van der Waals surface area contributed by atoms with E-state index in [1.54, 1.807) is 4.90 Å². The van der Waals surface area contributed by atoms with Crippen LogP contribution < -0.4 is 5.32 Å². The molecule has 1 saturated heterocycles. The van der Waals surface area contributed by atoms with E-state index in [2.05, 4.69) is 5.32 Å². The van der Waals surface area contributed by atoms with Crippen LogP contribution in [0.3, 0.4) is 0 Å². The van der Waals surface area contributed by atoms with Gasteiger partial charge in [-0.25, -0.2) is 8.78 Å². The van der Waals surface area contributed by atoms with Gasteiger partial charge in [-0.3, -0.25) is 4.90 Å². The number of nitrogens with one attached hydrogen (secondary N) is 1. The Morgan fingerprint density at radius 1 is 1.09 bits per heavy atom. The lowest BCUT2D eigenvalue weighted by Gasteiger charge is -2.35. The van der Waals surface area contributed by atoms with E-state index < -0.39 is 30.3 Å². The molecule has 1 aliphatic heterocycles. The zero-order chi connectivity index (χ0) is 15.5. The molecular formula is C14H18ClF5N2. The molecule has 0 radical (unpaired) electrons. The van der Waals surface area contributed by atoms with Crippen molar-refractivity contribution in [2.24, 2.45) is 0 Å². The topological polar surface area (TPSA) is 15.3 Å². The molecule has 0 aliphatic carbocycles. The van der Waals surface area contributed by atoms with E-state index in [0.29, 0.717) is 26.2 Å². The standard InChI is InChI=1S/C14H17F5N2.ClH/c15-10-2-1-3-11(16)13(10)12(4-5-14(17,18)19)21-8-6-20-7-9-21;/h1-3,12,20H,4-9H2;1H/t12-;/m1./s1. The summed E-state index contributed by atoms with van der Waals surface area (Å²) < 4.78 is 65.3. The second kappa shape index (κ2) is 8.08. The van der Waals surface area contributed by atoms with Gasteiger partial charge in [0.15, 0.2) is 0 Å². The summed E-state index contributed by atoms with van der Waals surface area (Å²) in [7, 11) is 0. The van der Waals surface area contributed by atoms with Gasteiger partial charge in [-0.1, -0.05) is 6.07 Å². The second-order valence-corrected chi connectivity index (χ2v) is 5.09. The van der Waals surface area contributed by atoms with Crippen LogP contribution >= 0.6 is 12.4 Å². The molecule has 0 unspecified atom stereocenters.